The number of aliphatic hydroxyl groups is 1. The molecule has 28 heavy (non-hydrogen) atoms. The summed E-state index contributed by atoms with van der Waals surface area (Å²) >= 11 is 0. The van der Waals surface area contributed by atoms with E-state index in [-0.39, 0.29) is 17.5 Å². The summed E-state index contributed by atoms with van der Waals surface area (Å²) in [4.78, 5) is 13.3. The molecule has 0 unspecified atom stereocenters. The lowest BCUT2D eigenvalue weighted by Crippen LogP contribution is -2.57. The number of sulfone groups is 1. The van der Waals surface area contributed by atoms with Crippen molar-refractivity contribution in [1.82, 2.24) is 4.90 Å². The van der Waals surface area contributed by atoms with Crippen molar-refractivity contribution in [3.63, 3.8) is 0 Å². The van der Waals surface area contributed by atoms with Crippen molar-refractivity contribution in [2.24, 2.45) is 15.9 Å². The predicted octanol–water partition coefficient (Wildman–Crippen LogP) is 2.32. The number of aliphatic imine (C=N–C) groups is 2. The van der Waals surface area contributed by atoms with E-state index < -0.39 is 9.84 Å². The Bertz CT molecular complexity index is 862. The Morgan fingerprint density at radius 3 is 2.64 bits per heavy atom. The number of nitrogens with zero attached hydrogens (tertiary/aromatic N) is 4. The summed E-state index contributed by atoms with van der Waals surface area (Å²) in [5.74, 6) is 0.985. The minimum Gasteiger partial charge on any atom is -0.392 e. The van der Waals surface area contributed by atoms with Crippen LogP contribution >= 0.6 is 0 Å². The molecule has 1 N–H and O–H groups in total. The molecule has 1 saturated heterocycles. The van der Waals surface area contributed by atoms with Gasteiger partial charge in [-0.05, 0) is 30.5 Å². The van der Waals surface area contributed by atoms with Crippen LogP contribution in [-0.2, 0) is 16.4 Å². The van der Waals surface area contributed by atoms with Gasteiger partial charge in [0.05, 0.1) is 17.5 Å². The van der Waals surface area contributed by atoms with E-state index in [4.69, 9.17) is 0 Å². The zero-order chi connectivity index (χ0) is 20.9. The molecule has 1 atom stereocenters. The molecule has 0 saturated carbocycles. The Morgan fingerprint density at radius 1 is 1.39 bits per heavy atom. The molecular weight excluding hydrogens is 376 g/mol. The Balaban J connectivity index is 2.36. The van der Waals surface area contributed by atoms with E-state index in [1.165, 1.54) is 12.5 Å². The first-order valence-electron chi connectivity index (χ1n) is 9.35. The van der Waals surface area contributed by atoms with Crippen molar-refractivity contribution < 1.29 is 13.5 Å². The SMILES string of the molecule is C=CN=C(N=CC)N1CCN(c2ccc(CO)c(S(C)(=O)=O)c2)C[C@H]1C(C)C. The summed E-state index contributed by atoms with van der Waals surface area (Å²) in [6.45, 7) is 11.7. The van der Waals surface area contributed by atoms with Gasteiger partial charge in [0.2, 0.25) is 5.96 Å². The molecule has 0 radical (unpaired) electrons. The van der Waals surface area contributed by atoms with Crippen LogP contribution in [0.5, 0.6) is 0 Å². The van der Waals surface area contributed by atoms with Crippen molar-refractivity contribution >= 4 is 27.7 Å². The third kappa shape index (κ3) is 4.99. The van der Waals surface area contributed by atoms with E-state index in [1.54, 1.807) is 18.3 Å². The fraction of sp³-hybridized carbons (Fsp3) is 0.500. The standard InChI is InChI=1S/C20H30N4O3S/c1-6-21-20(22-7-2)24-11-10-23(13-18(24)15(3)4)17-9-8-16(14-25)19(12-17)28(5,26)27/h6-9,12,15,18,25H,1,10-11,13-14H2,2-5H3/t18-/m0/s1. The number of anilines is 1. The normalized spacial score (nSPS) is 18.9. The van der Waals surface area contributed by atoms with Gasteiger partial charge in [-0.25, -0.2) is 18.4 Å². The Morgan fingerprint density at radius 2 is 2.11 bits per heavy atom. The fourth-order valence-electron chi connectivity index (χ4n) is 3.46. The molecule has 8 heteroatoms. The number of hydrogen-bond donors (Lipinski definition) is 1. The maximum absolute atomic E-state index is 12.1. The number of hydrogen-bond acceptors (Lipinski definition) is 5. The first-order chi connectivity index (χ1) is 13.2. The Hall–Kier alpha value is -2.19. The number of piperazine rings is 1. The second-order valence-electron chi connectivity index (χ2n) is 7.17. The highest BCUT2D eigenvalue weighted by atomic mass is 32.2. The van der Waals surface area contributed by atoms with Gasteiger partial charge in [0.25, 0.3) is 0 Å². The topological polar surface area (TPSA) is 85.6 Å². The summed E-state index contributed by atoms with van der Waals surface area (Å²) < 4.78 is 24.3. The quantitative estimate of drug-likeness (QED) is 0.599. The Labute approximate surface area is 168 Å². The van der Waals surface area contributed by atoms with Gasteiger partial charge in [-0.2, -0.15) is 0 Å². The molecule has 0 aliphatic carbocycles. The summed E-state index contributed by atoms with van der Waals surface area (Å²) in [5.41, 5.74) is 1.26. The zero-order valence-corrected chi connectivity index (χ0v) is 17.9. The van der Waals surface area contributed by atoms with Crippen LogP contribution < -0.4 is 4.90 Å². The number of rotatable bonds is 5. The monoisotopic (exact) mass is 406 g/mol. The molecule has 1 aromatic carbocycles. The van der Waals surface area contributed by atoms with Crippen LogP contribution in [0.15, 0.2) is 45.9 Å². The smallest absolute Gasteiger partial charge is 0.225 e. The highest BCUT2D eigenvalue weighted by molar-refractivity contribution is 7.90. The fourth-order valence-corrected chi connectivity index (χ4v) is 4.40. The first kappa shape index (κ1) is 22.1. The van der Waals surface area contributed by atoms with Gasteiger partial charge in [-0.15, -0.1) is 0 Å². The zero-order valence-electron chi connectivity index (χ0n) is 17.0. The third-order valence-electron chi connectivity index (χ3n) is 4.88. The van der Waals surface area contributed by atoms with Gasteiger partial charge < -0.3 is 14.9 Å². The molecule has 0 spiro atoms. The van der Waals surface area contributed by atoms with E-state index in [1.807, 2.05) is 13.0 Å². The molecular formula is C20H30N4O3S. The molecule has 0 bridgehead atoms. The van der Waals surface area contributed by atoms with E-state index >= 15 is 0 Å². The van der Waals surface area contributed by atoms with Crippen LogP contribution in [0.1, 0.15) is 26.3 Å². The number of benzene rings is 1. The van der Waals surface area contributed by atoms with E-state index in [0.29, 0.717) is 30.5 Å². The second-order valence-corrected chi connectivity index (χ2v) is 9.16. The summed E-state index contributed by atoms with van der Waals surface area (Å²) in [5, 5.41) is 9.48. The molecule has 0 aromatic heterocycles. The third-order valence-corrected chi connectivity index (χ3v) is 6.06. The lowest BCUT2D eigenvalue weighted by atomic mass is 9.99. The lowest BCUT2D eigenvalue weighted by Gasteiger charge is -2.44. The molecule has 154 valence electrons. The molecule has 1 aromatic rings. The van der Waals surface area contributed by atoms with Crippen molar-refractivity contribution in [2.45, 2.75) is 38.3 Å². The van der Waals surface area contributed by atoms with Crippen LogP contribution in [0.4, 0.5) is 5.69 Å². The minimum absolute atomic E-state index is 0.162. The van der Waals surface area contributed by atoms with Crippen molar-refractivity contribution in [1.29, 1.82) is 0 Å². The van der Waals surface area contributed by atoms with E-state index in [0.717, 1.165) is 12.2 Å². The van der Waals surface area contributed by atoms with Crippen LogP contribution in [0.2, 0.25) is 0 Å². The number of aliphatic hydroxyl groups excluding tert-OH is 1. The van der Waals surface area contributed by atoms with Gasteiger partial charge in [0, 0.05) is 44.0 Å². The molecule has 1 aliphatic heterocycles. The maximum atomic E-state index is 12.1. The average Bonchev–Trinajstić information content (AvgIpc) is 2.66. The maximum Gasteiger partial charge on any atom is 0.225 e. The predicted molar refractivity (Wildman–Crippen MR) is 115 cm³/mol. The van der Waals surface area contributed by atoms with Crippen molar-refractivity contribution in [3.8, 4) is 0 Å². The lowest BCUT2D eigenvalue weighted by molar-refractivity contribution is 0.223. The highest BCUT2D eigenvalue weighted by Crippen LogP contribution is 2.27. The molecule has 1 aliphatic rings. The summed E-state index contributed by atoms with van der Waals surface area (Å²) in [6, 6.07) is 5.39. The van der Waals surface area contributed by atoms with Gasteiger partial charge >= 0.3 is 0 Å². The van der Waals surface area contributed by atoms with Crippen LogP contribution in [0, 0.1) is 5.92 Å². The number of guanidine groups is 1. The molecule has 1 fully saturated rings. The Kier molecular flexibility index (Phi) is 7.37. The molecule has 2 rings (SSSR count). The van der Waals surface area contributed by atoms with Crippen LogP contribution in [0.3, 0.4) is 0 Å². The van der Waals surface area contributed by atoms with Gasteiger partial charge in [-0.3, -0.25) is 0 Å². The van der Waals surface area contributed by atoms with Crippen LogP contribution in [-0.4, -0.2) is 62.5 Å². The largest absolute Gasteiger partial charge is 0.392 e. The second kappa shape index (κ2) is 9.34. The first-order valence-corrected chi connectivity index (χ1v) is 11.2. The van der Waals surface area contributed by atoms with Crippen molar-refractivity contribution in [3.05, 3.63) is 36.5 Å². The molecule has 1 heterocycles. The van der Waals surface area contributed by atoms with Crippen molar-refractivity contribution in [2.75, 3.05) is 30.8 Å². The molecule has 0 amide bonds. The minimum atomic E-state index is -3.42. The molecule has 7 nitrogen and oxygen atoms in total. The average molecular weight is 407 g/mol. The van der Waals surface area contributed by atoms with Gasteiger partial charge in [-0.1, -0.05) is 26.5 Å². The highest BCUT2D eigenvalue weighted by Gasteiger charge is 2.31. The summed E-state index contributed by atoms with van der Waals surface area (Å²) in [6.07, 6.45) is 4.39. The van der Waals surface area contributed by atoms with Gasteiger partial charge in [0.15, 0.2) is 9.84 Å². The van der Waals surface area contributed by atoms with E-state index in [9.17, 15) is 13.5 Å². The van der Waals surface area contributed by atoms with E-state index in [2.05, 4.69) is 40.2 Å². The summed E-state index contributed by atoms with van der Waals surface area (Å²) in [7, 11) is -3.42. The van der Waals surface area contributed by atoms with Crippen LogP contribution in [0.25, 0.3) is 0 Å². The van der Waals surface area contributed by atoms with Gasteiger partial charge in [0.1, 0.15) is 0 Å².